The maximum atomic E-state index is 12.9. The number of hydrogen-bond donors (Lipinski definition) is 3. The number of rotatable bonds is 8. The summed E-state index contributed by atoms with van der Waals surface area (Å²) in [4.78, 5) is 36.8. The van der Waals surface area contributed by atoms with Gasteiger partial charge in [0.15, 0.2) is 0 Å². The molecule has 38 heavy (non-hydrogen) atoms. The first kappa shape index (κ1) is 29.1. The Labute approximate surface area is 230 Å². The lowest BCUT2D eigenvalue weighted by atomic mass is 9.97. The maximum Gasteiger partial charge on any atom is 0.417 e. The Hall–Kier alpha value is -3.43. The van der Waals surface area contributed by atoms with E-state index in [0.29, 0.717) is 27.6 Å². The highest BCUT2D eigenvalue weighted by Gasteiger charge is 2.41. The summed E-state index contributed by atoms with van der Waals surface area (Å²) in [7, 11) is 0. The zero-order chi connectivity index (χ0) is 27.7. The second-order valence-corrected chi connectivity index (χ2v) is 9.29. The Morgan fingerprint density at radius 3 is 1.84 bits per heavy atom. The van der Waals surface area contributed by atoms with Gasteiger partial charge in [-0.3, -0.25) is 9.59 Å². The van der Waals surface area contributed by atoms with Crippen molar-refractivity contribution in [3.05, 3.63) is 106 Å². The van der Waals surface area contributed by atoms with E-state index in [4.69, 9.17) is 38.2 Å². The summed E-state index contributed by atoms with van der Waals surface area (Å²) in [6.07, 6.45) is -0.185. The van der Waals surface area contributed by atoms with E-state index in [1.54, 1.807) is 48.5 Å². The summed E-state index contributed by atoms with van der Waals surface area (Å²) in [6, 6.07) is 22.6. The molecule has 1 saturated heterocycles. The Balaban J connectivity index is 0.000000260. The molecule has 1 aliphatic rings. The van der Waals surface area contributed by atoms with Gasteiger partial charge in [0, 0.05) is 10.0 Å². The van der Waals surface area contributed by atoms with Crippen molar-refractivity contribution >= 4 is 41.2 Å². The second kappa shape index (κ2) is 13.9. The quantitative estimate of drug-likeness (QED) is 0.371. The molecule has 1 heterocycles. The van der Waals surface area contributed by atoms with Gasteiger partial charge >= 0.3 is 12.1 Å². The summed E-state index contributed by atoms with van der Waals surface area (Å²) in [5, 5.41) is 28.0. The fourth-order valence-corrected chi connectivity index (χ4v) is 4.60. The molecule has 1 fully saturated rings. The Morgan fingerprint density at radius 2 is 1.34 bits per heavy atom. The first-order valence-electron chi connectivity index (χ1n) is 11.8. The predicted molar refractivity (Wildman–Crippen MR) is 142 cm³/mol. The number of halogens is 2. The van der Waals surface area contributed by atoms with Crippen LogP contribution in [-0.2, 0) is 20.7 Å². The first-order chi connectivity index (χ1) is 18.3. The van der Waals surface area contributed by atoms with Gasteiger partial charge in [-0.1, -0.05) is 89.9 Å². The number of hydrogen-bond acceptors (Lipinski definition) is 6. The average Bonchev–Trinajstić information content (AvgIpc) is 3.27. The van der Waals surface area contributed by atoms with Crippen molar-refractivity contribution in [3.8, 4) is 0 Å². The van der Waals surface area contributed by atoms with Crippen molar-refractivity contribution in [1.29, 1.82) is 0 Å². The molecule has 10 heteroatoms. The van der Waals surface area contributed by atoms with Crippen LogP contribution in [0.4, 0.5) is 4.79 Å². The van der Waals surface area contributed by atoms with Crippen LogP contribution in [0, 0.1) is 0 Å². The van der Waals surface area contributed by atoms with Crippen LogP contribution < -0.4 is 0 Å². The molecule has 0 unspecified atom stereocenters. The van der Waals surface area contributed by atoms with Gasteiger partial charge in [-0.05, 0) is 35.2 Å². The number of nitrogens with zero attached hydrogens (tertiary/aromatic N) is 1. The van der Waals surface area contributed by atoms with E-state index in [2.05, 4.69) is 0 Å². The molecule has 3 atom stereocenters. The minimum Gasteiger partial charge on any atom is -0.481 e. The monoisotopic (exact) mass is 559 g/mol. The third-order valence-corrected chi connectivity index (χ3v) is 6.72. The number of carboxylic acids is 1. The number of amides is 2. The van der Waals surface area contributed by atoms with Gasteiger partial charge < -0.3 is 20.1 Å². The maximum absolute atomic E-state index is 12.9. The third-order valence-electron chi connectivity index (χ3n) is 6.04. The lowest BCUT2D eigenvalue weighted by Gasteiger charge is -2.24. The lowest BCUT2D eigenvalue weighted by molar-refractivity contribution is -0.139. The van der Waals surface area contributed by atoms with E-state index in [0.717, 1.165) is 10.5 Å². The lowest BCUT2D eigenvalue weighted by Crippen LogP contribution is -2.43. The Kier molecular flexibility index (Phi) is 10.7. The number of imide groups is 1. The number of aliphatic carboxylic acids is 1. The Bertz CT molecular complexity index is 1250. The van der Waals surface area contributed by atoms with Gasteiger partial charge in [0.05, 0.1) is 25.2 Å². The highest BCUT2D eigenvalue weighted by molar-refractivity contribution is 6.32. The van der Waals surface area contributed by atoms with E-state index in [9.17, 15) is 19.5 Å². The highest BCUT2D eigenvalue weighted by Crippen LogP contribution is 2.29. The molecule has 0 bridgehead atoms. The van der Waals surface area contributed by atoms with Crippen LogP contribution in [0.2, 0.25) is 10.0 Å². The fraction of sp³-hybridized carbons (Fsp3) is 0.250. The van der Waals surface area contributed by atoms with E-state index in [1.807, 2.05) is 30.3 Å². The number of cyclic esters (lactones) is 1. The number of carboxylic acid groups (broad SMARTS) is 1. The van der Waals surface area contributed by atoms with Crippen LogP contribution in [0.15, 0.2) is 78.9 Å². The molecule has 0 saturated carbocycles. The second-order valence-electron chi connectivity index (χ2n) is 8.48. The van der Waals surface area contributed by atoms with Crippen molar-refractivity contribution in [2.75, 3.05) is 19.8 Å². The third kappa shape index (κ3) is 7.11. The predicted octanol–water partition coefficient (Wildman–Crippen LogP) is 4.51. The molecular formula is C28H27Cl2NO7. The molecule has 0 radical (unpaired) electrons. The zero-order valence-electron chi connectivity index (χ0n) is 20.2. The van der Waals surface area contributed by atoms with Crippen molar-refractivity contribution in [2.24, 2.45) is 0 Å². The van der Waals surface area contributed by atoms with E-state index < -0.39 is 49.1 Å². The average molecular weight is 560 g/mol. The first-order valence-corrected chi connectivity index (χ1v) is 12.5. The van der Waals surface area contributed by atoms with Crippen LogP contribution in [0.25, 0.3) is 0 Å². The molecule has 200 valence electrons. The van der Waals surface area contributed by atoms with Crippen molar-refractivity contribution < 1.29 is 34.4 Å². The van der Waals surface area contributed by atoms with Gasteiger partial charge in [0.2, 0.25) is 5.91 Å². The van der Waals surface area contributed by atoms with Crippen LogP contribution in [0.5, 0.6) is 0 Å². The smallest absolute Gasteiger partial charge is 0.417 e. The molecule has 1 aliphatic heterocycles. The molecule has 3 aromatic rings. The number of benzene rings is 3. The molecule has 3 N–H and O–H groups in total. The summed E-state index contributed by atoms with van der Waals surface area (Å²) in [6.45, 7) is -0.746. The summed E-state index contributed by atoms with van der Waals surface area (Å²) in [5.74, 6) is -3.42. The fourth-order valence-electron chi connectivity index (χ4n) is 4.07. The van der Waals surface area contributed by atoms with Crippen LogP contribution in [-0.4, -0.2) is 64.1 Å². The molecule has 3 aromatic carbocycles. The Morgan fingerprint density at radius 1 is 0.842 bits per heavy atom. The van der Waals surface area contributed by atoms with E-state index in [-0.39, 0.29) is 6.61 Å². The van der Waals surface area contributed by atoms with E-state index >= 15 is 0 Å². The van der Waals surface area contributed by atoms with Gasteiger partial charge in [-0.15, -0.1) is 0 Å². The highest BCUT2D eigenvalue weighted by atomic mass is 35.5. The number of carbonyl (C=O) groups excluding carboxylic acids is 2. The number of ether oxygens (including phenoxy) is 1. The van der Waals surface area contributed by atoms with Gasteiger partial charge in [-0.2, -0.15) is 0 Å². The molecular weight excluding hydrogens is 533 g/mol. The summed E-state index contributed by atoms with van der Waals surface area (Å²) >= 11 is 11.9. The largest absolute Gasteiger partial charge is 0.481 e. The van der Waals surface area contributed by atoms with Gasteiger partial charge in [-0.25, -0.2) is 9.69 Å². The normalized spacial score (nSPS) is 16.2. The minimum absolute atomic E-state index is 0.139. The number of aliphatic hydroxyl groups is 2. The minimum atomic E-state index is -1.07. The molecule has 0 spiro atoms. The zero-order valence-corrected chi connectivity index (χ0v) is 21.8. The van der Waals surface area contributed by atoms with Crippen molar-refractivity contribution in [1.82, 2.24) is 4.90 Å². The SMILES string of the molecule is O=C(O)[C@H](CO)c1ccccc1Cl.O=C1OC[C@@H](Cc2ccccc2)N1C(=O)[C@H](CO)c1ccccc1Cl. The topological polar surface area (TPSA) is 124 Å². The van der Waals surface area contributed by atoms with Crippen LogP contribution in [0.1, 0.15) is 28.5 Å². The summed E-state index contributed by atoms with van der Waals surface area (Å²) in [5.41, 5.74) is 1.94. The molecule has 8 nitrogen and oxygen atoms in total. The van der Waals surface area contributed by atoms with Crippen LogP contribution >= 0.6 is 23.2 Å². The van der Waals surface area contributed by atoms with Crippen molar-refractivity contribution in [2.45, 2.75) is 24.3 Å². The van der Waals surface area contributed by atoms with Gasteiger partial charge in [0.1, 0.15) is 12.5 Å². The molecule has 0 aliphatic carbocycles. The molecule has 2 amide bonds. The molecule has 4 rings (SSSR count). The van der Waals surface area contributed by atoms with E-state index in [1.165, 1.54) is 0 Å². The number of carbonyl (C=O) groups is 3. The van der Waals surface area contributed by atoms with Gasteiger partial charge in [0.25, 0.3) is 0 Å². The summed E-state index contributed by atoms with van der Waals surface area (Å²) < 4.78 is 5.08. The number of aliphatic hydroxyl groups excluding tert-OH is 2. The van der Waals surface area contributed by atoms with Crippen LogP contribution in [0.3, 0.4) is 0 Å². The molecule has 0 aromatic heterocycles. The standard InChI is InChI=1S/C19H18ClNO4.C9H9ClO3/c20-17-9-5-4-8-15(17)16(11-22)18(23)21-14(12-25-19(21)24)10-13-6-2-1-3-7-13;10-8-4-2-1-3-6(8)7(5-11)9(12)13/h1-9,14,16,22H,10-12H2;1-4,7,11H,5H2,(H,12,13)/t14-,16-;7-/m11/s1. The van der Waals surface area contributed by atoms with Crippen molar-refractivity contribution in [3.63, 3.8) is 0 Å².